The second-order valence-corrected chi connectivity index (χ2v) is 5.96. The smallest absolute Gasteiger partial charge is 0.191 e. The van der Waals surface area contributed by atoms with E-state index in [1.165, 1.54) is 0 Å². The molecule has 0 saturated carbocycles. The number of benzene rings is 2. The van der Waals surface area contributed by atoms with Crippen LogP contribution in [0, 0.1) is 0 Å². The lowest BCUT2D eigenvalue weighted by atomic mass is 10.1. The van der Waals surface area contributed by atoms with Gasteiger partial charge in [0.05, 0.1) is 5.69 Å². The Morgan fingerprint density at radius 2 is 1.76 bits per heavy atom. The van der Waals surface area contributed by atoms with Crippen molar-refractivity contribution in [2.45, 2.75) is 0 Å². The molecule has 0 saturated heterocycles. The van der Waals surface area contributed by atoms with Gasteiger partial charge in [-0.15, -0.1) is 0 Å². The summed E-state index contributed by atoms with van der Waals surface area (Å²) in [6.07, 6.45) is 1.73. The minimum atomic E-state index is 0.367. The molecule has 0 unspecified atom stereocenters. The Balaban J connectivity index is 1.80. The minimum absolute atomic E-state index is 0.367. The number of hydrazone groups is 1. The van der Waals surface area contributed by atoms with Crippen molar-refractivity contribution in [2.75, 3.05) is 5.32 Å². The molecule has 25 heavy (non-hydrogen) atoms. The third-order valence-corrected chi connectivity index (χ3v) is 3.73. The fourth-order valence-electron chi connectivity index (χ4n) is 2.20. The quantitative estimate of drug-likeness (QED) is 0.406. The van der Waals surface area contributed by atoms with Gasteiger partial charge < -0.3 is 5.32 Å². The second-order valence-electron chi connectivity index (χ2n) is 5.12. The van der Waals surface area contributed by atoms with Crippen molar-refractivity contribution in [2.24, 2.45) is 5.10 Å². The first-order valence-corrected chi connectivity index (χ1v) is 8.38. The number of rotatable bonds is 4. The number of nitrogens with zero attached hydrogens (tertiary/aromatic N) is 2. The molecule has 124 valence electrons. The number of aromatic nitrogens is 1. The summed E-state index contributed by atoms with van der Waals surface area (Å²) in [5.41, 5.74) is 6.07. The van der Waals surface area contributed by atoms with Crippen LogP contribution in [0.15, 0.2) is 84.1 Å². The summed E-state index contributed by atoms with van der Waals surface area (Å²) in [6.45, 7) is 0. The van der Waals surface area contributed by atoms with E-state index in [9.17, 15) is 0 Å². The van der Waals surface area contributed by atoms with Crippen LogP contribution in [0.5, 0.6) is 0 Å². The molecule has 0 aliphatic heterocycles. The molecule has 0 fully saturated rings. The number of hydrogen-bond acceptors (Lipinski definition) is 3. The van der Waals surface area contributed by atoms with Gasteiger partial charge in [0.15, 0.2) is 5.11 Å². The third-order valence-electron chi connectivity index (χ3n) is 3.31. The zero-order valence-corrected chi connectivity index (χ0v) is 14.8. The van der Waals surface area contributed by atoms with Crippen LogP contribution >= 0.6 is 23.8 Å². The van der Waals surface area contributed by atoms with Crippen molar-refractivity contribution >= 4 is 40.3 Å². The van der Waals surface area contributed by atoms with Gasteiger partial charge in [0, 0.05) is 22.5 Å². The molecule has 0 amide bonds. The highest BCUT2D eigenvalue weighted by molar-refractivity contribution is 7.80. The fraction of sp³-hybridized carbons (Fsp3) is 0. The van der Waals surface area contributed by atoms with Gasteiger partial charge in [0.2, 0.25) is 0 Å². The Bertz CT molecular complexity index is 841. The zero-order valence-electron chi connectivity index (χ0n) is 13.2. The molecule has 3 rings (SSSR count). The van der Waals surface area contributed by atoms with Crippen LogP contribution < -0.4 is 10.7 Å². The molecule has 0 aliphatic rings. The average molecular weight is 367 g/mol. The van der Waals surface area contributed by atoms with Crippen molar-refractivity contribution < 1.29 is 0 Å². The van der Waals surface area contributed by atoms with Crippen LogP contribution in [0.1, 0.15) is 11.3 Å². The zero-order chi connectivity index (χ0) is 17.5. The Hall–Kier alpha value is -2.76. The number of pyridine rings is 1. The van der Waals surface area contributed by atoms with E-state index in [-0.39, 0.29) is 0 Å². The largest absolute Gasteiger partial charge is 0.331 e. The maximum absolute atomic E-state index is 5.98. The molecule has 0 radical (unpaired) electrons. The first-order chi connectivity index (χ1) is 12.2. The maximum Gasteiger partial charge on any atom is 0.191 e. The Morgan fingerprint density at radius 1 is 0.960 bits per heavy atom. The van der Waals surface area contributed by atoms with Crippen LogP contribution in [0.4, 0.5) is 5.69 Å². The van der Waals surface area contributed by atoms with Crippen LogP contribution in [0.2, 0.25) is 5.02 Å². The summed E-state index contributed by atoms with van der Waals surface area (Å²) in [5.74, 6) is 0. The molecule has 0 aliphatic carbocycles. The topological polar surface area (TPSA) is 49.3 Å². The van der Waals surface area contributed by atoms with Crippen LogP contribution in [-0.2, 0) is 0 Å². The molecule has 3 aromatic rings. The summed E-state index contributed by atoms with van der Waals surface area (Å²) in [4.78, 5) is 4.38. The average Bonchev–Trinajstić information content (AvgIpc) is 2.64. The van der Waals surface area contributed by atoms with Crippen LogP contribution in [-0.4, -0.2) is 15.8 Å². The minimum Gasteiger partial charge on any atom is -0.331 e. The molecule has 0 spiro atoms. The Morgan fingerprint density at radius 3 is 2.48 bits per heavy atom. The first kappa shape index (κ1) is 17.1. The van der Waals surface area contributed by atoms with Crippen molar-refractivity contribution in [3.63, 3.8) is 0 Å². The van der Waals surface area contributed by atoms with Crippen molar-refractivity contribution in [3.05, 3.63) is 95.3 Å². The van der Waals surface area contributed by atoms with E-state index in [1.807, 2.05) is 60.7 Å². The number of thiocarbonyl (C=S) groups is 1. The summed E-state index contributed by atoms with van der Waals surface area (Å²) >= 11 is 11.3. The van der Waals surface area contributed by atoms with Gasteiger partial charge in [0.25, 0.3) is 0 Å². The Labute approximate surface area is 156 Å². The van der Waals surface area contributed by atoms with Gasteiger partial charge in [-0.25, -0.2) is 0 Å². The normalized spacial score (nSPS) is 11.0. The predicted octanol–water partition coefficient (Wildman–Crippen LogP) is 4.47. The lowest BCUT2D eigenvalue weighted by molar-refractivity contribution is 1.04. The van der Waals surface area contributed by atoms with Gasteiger partial charge in [-0.2, -0.15) is 5.10 Å². The first-order valence-electron chi connectivity index (χ1n) is 7.59. The molecular formula is C19H15ClN4S. The highest BCUT2D eigenvalue weighted by Crippen LogP contribution is 2.14. The highest BCUT2D eigenvalue weighted by Gasteiger charge is 2.08. The molecule has 2 N–H and O–H groups in total. The molecular weight excluding hydrogens is 352 g/mol. The lowest BCUT2D eigenvalue weighted by Crippen LogP contribution is -2.25. The van der Waals surface area contributed by atoms with Gasteiger partial charge >= 0.3 is 0 Å². The molecule has 0 bridgehead atoms. The molecule has 1 heterocycles. The van der Waals surface area contributed by atoms with Gasteiger partial charge in [-0.3, -0.25) is 10.4 Å². The fourth-order valence-corrected chi connectivity index (χ4v) is 2.55. The van der Waals surface area contributed by atoms with Gasteiger partial charge in [0.1, 0.15) is 5.71 Å². The molecule has 6 heteroatoms. The van der Waals surface area contributed by atoms with E-state index in [0.717, 1.165) is 16.9 Å². The van der Waals surface area contributed by atoms with E-state index in [0.29, 0.717) is 15.8 Å². The summed E-state index contributed by atoms with van der Waals surface area (Å²) in [6, 6.07) is 22.8. The lowest BCUT2D eigenvalue weighted by Gasteiger charge is -2.10. The Kier molecular flexibility index (Phi) is 5.72. The van der Waals surface area contributed by atoms with E-state index in [1.54, 1.807) is 18.3 Å². The van der Waals surface area contributed by atoms with E-state index >= 15 is 0 Å². The summed E-state index contributed by atoms with van der Waals surface area (Å²) in [5, 5.41) is 8.50. The molecule has 1 aromatic heterocycles. The van der Waals surface area contributed by atoms with Gasteiger partial charge in [-0.05, 0) is 42.5 Å². The van der Waals surface area contributed by atoms with Crippen molar-refractivity contribution in [3.8, 4) is 0 Å². The monoisotopic (exact) mass is 366 g/mol. The van der Waals surface area contributed by atoms with Crippen LogP contribution in [0.3, 0.4) is 0 Å². The predicted molar refractivity (Wildman–Crippen MR) is 107 cm³/mol. The SMILES string of the molecule is S=C(N/N=C(/c1ccccc1)c1ccccn1)Nc1cccc(Cl)c1. The molecule has 2 aromatic carbocycles. The van der Waals surface area contributed by atoms with Crippen molar-refractivity contribution in [1.82, 2.24) is 10.4 Å². The number of nitrogens with one attached hydrogen (secondary N) is 2. The summed E-state index contributed by atoms with van der Waals surface area (Å²) in [7, 11) is 0. The number of hydrogen-bond donors (Lipinski definition) is 2. The second kappa shape index (κ2) is 8.37. The number of halogens is 1. The highest BCUT2D eigenvalue weighted by atomic mass is 35.5. The maximum atomic E-state index is 5.98. The van der Waals surface area contributed by atoms with E-state index < -0.39 is 0 Å². The van der Waals surface area contributed by atoms with Gasteiger partial charge in [-0.1, -0.05) is 54.1 Å². The van der Waals surface area contributed by atoms with Crippen molar-refractivity contribution in [1.29, 1.82) is 0 Å². The van der Waals surface area contributed by atoms with Crippen LogP contribution in [0.25, 0.3) is 0 Å². The third kappa shape index (κ3) is 4.86. The molecule has 4 nitrogen and oxygen atoms in total. The van der Waals surface area contributed by atoms with E-state index in [4.69, 9.17) is 23.8 Å². The number of anilines is 1. The summed E-state index contributed by atoms with van der Waals surface area (Å²) < 4.78 is 0. The van der Waals surface area contributed by atoms with E-state index in [2.05, 4.69) is 20.8 Å². The standard InChI is InChI=1S/C19H15ClN4S/c20-15-9-6-10-16(13-15)22-19(25)24-23-18(14-7-2-1-3-8-14)17-11-4-5-12-21-17/h1-13H,(H2,22,24,25)/b23-18-. The molecule has 0 atom stereocenters.